The molecule has 7 N–H and O–H groups in total. The van der Waals surface area contributed by atoms with Crippen LogP contribution in [0.15, 0.2) is 41.7 Å². The molecule has 2 aliphatic carbocycles. The van der Waals surface area contributed by atoms with E-state index in [-0.39, 0.29) is 22.4 Å². The van der Waals surface area contributed by atoms with Crippen LogP contribution in [0.25, 0.3) is 0 Å². The van der Waals surface area contributed by atoms with Gasteiger partial charge in [0, 0.05) is 11.8 Å². The van der Waals surface area contributed by atoms with Crippen LogP contribution >= 0.6 is 0 Å². The van der Waals surface area contributed by atoms with Crippen molar-refractivity contribution in [3.8, 4) is 5.75 Å². The number of aliphatic hydroxyl groups excluding tert-OH is 5. The molecule has 2 unspecified atom stereocenters. The van der Waals surface area contributed by atoms with E-state index in [2.05, 4.69) is 0 Å². The normalized spacial score (nSPS) is 37.4. The molecule has 1 heterocycles. The minimum Gasteiger partial charge on any atom is -0.511 e. The van der Waals surface area contributed by atoms with E-state index in [9.17, 15) is 45.3 Å². The van der Waals surface area contributed by atoms with Crippen molar-refractivity contribution >= 4 is 11.8 Å². The number of carboxylic acids is 1. The van der Waals surface area contributed by atoms with Crippen LogP contribution in [0.5, 0.6) is 5.75 Å². The van der Waals surface area contributed by atoms with Gasteiger partial charge in [0.2, 0.25) is 0 Å². The fraction of sp³-hybridized carbons (Fsp3) is 0.429. The molecule has 0 bridgehead atoms. The molecule has 1 aromatic rings. The van der Waals surface area contributed by atoms with Gasteiger partial charge in [0.15, 0.2) is 5.78 Å². The van der Waals surface area contributed by atoms with Gasteiger partial charge in [0.1, 0.15) is 35.9 Å². The molecule has 0 spiro atoms. The lowest BCUT2D eigenvalue weighted by Gasteiger charge is -2.48. The molecule has 166 valence electrons. The number of ketones is 1. The number of carbonyl (C=O) groups is 2. The molecule has 1 fully saturated rings. The van der Waals surface area contributed by atoms with Gasteiger partial charge in [-0.05, 0) is 17.7 Å². The Morgan fingerprint density at radius 3 is 2.42 bits per heavy atom. The Hall–Kier alpha value is -2.76. The first-order chi connectivity index (χ1) is 14.7. The summed E-state index contributed by atoms with van der Waals surface area (Å²) in [6, 6.07) is 4.24. The quantitative estimate of drug-likeness (QED) is 0.318. The molecule has 10 heteroatoms. The van der Waals surface area contributed by atoms with Crippen LogP contribution in [0, 0.1) is 11.8 Å². The molecule has 0 aromatic heterocycles. The number of phenols is 1. The minimum absolute atomic E-state index is 0.113. The first kappa shape index (κ1) is 21.5. The molecule has 8 atom stereocenters. The van der Waals surface area contributed by atoms with Crippen LogP contribution < -0.4 is 0 Å². The summed E-state index contributed by atoms with van der Waals surface area (Å²) >= 11 is 0. The Labute approximate surface area is 176 Å². The number of ether oxygens (including phenoxy) is 1. The standard InChI is InChI=1S/C21H22O10/c22-6-12-16(25)18(27)19(28)20(31-12)13-8-2-1-3-10(23)14(8)17(26)15-9(13)4-7(21(29)30)5-11(15)24/h1-5,9,12-13,15-16,18-20,22-25,27-28H,6H2,(H,29,30)/t9?,12-,13-,15?,16+,18+,19+,20+/m1/s1. The molecule has 1 saturated heterocycles. The van der Waals surface area contributed by atoms with Gasteiger partial charge in [-0.2, -0.15) is 0 Å². The van der Waals surface area contributed by atoms with Crippen LogP contribution in [0.4, 0.5) is 0 Å². The molecular weight excluding hydrogens is 412 g/mol. The molecule has 1 aromatic carbocycles. The van der Waals surface area contributed by atoms with Gasteiger partial charge >= 0.3 is 5.97 Å². The fourth-order valence-corrected chi connectivity index (χ4v) is 4.84. The van der Waals surface area contributed by atoms with Gasteiger partial charge in [-0.3, -0.25) is 4.79 Å². The molecule has 1 aliphatic heterocycles. The molecule has 0 amide bonds. The van der Waals surface area contributed by atoms with E-state index in [4.69, 9.17) is 4.74 Å². The summed E-state index contributed by atoms with van der Waals surface area (Å²) in [5, 5.41) is 70.9. The number of hydrogen-bond donors (Lipinski definition) is 7. The summed E-state index contributed by atoms with van der Waals surface area (Å²) in [6.45, 7) is -0.671. The van der Waals surface area contributed by atoms with Crippen LogP contribution in [-0.2, 0) is 9.53 Å². The van der Waals surface area contributed by atoms with E-state index in [1.54, 1.807) is 0 Å². The van der Waals surface area contributed by atoms with E-state index in [0.717, 1.165) is 6.08 Å². The van der Waals surface area contributed by atoms with Crippen molar-refractivity contribution in [1.82, 2.24) is 0 Å². The monoisotopic (exact) mass is 434 g/mol. The highest BCUT2D eigenvalue weighted by Gasteiger charge is 2.54. The number of phenolic OH excluding ortho intramolecular Hbond substituents is 1. The summed E-state index contributed by atoms with van der Waals surface area (Å²) in [6.07, 6.45) is -5.26. The maximum atomic E-state index is 13.1. The van der Waals surface area contributed by atoms with Crippen LogP contribution in [0.1, 0.15) is 21.8 Å². The SMILES string of the molecule is O=C(O)C1=CC2C(C(=O)c3c(O)cccc3[C@H]2[C@@H]2O[C@H](CO)[C@H](O)[C@H](O)[C@@H]2O)C(O)=C1. The van der Waals surface area contributed by atoms with Crippen molar-refractivity contribution < 1.29 is 50.1 Å². The largest absolute Gasteiger partial charge is 0.511 e. The first-order valence-electron chi connectivity index (χ1n) is 9.69. The summed E-state index contributed by atoms with van der Waals surface area (Å²) in [5.41, 5.74) is -0.158. The maximum Gasteiger partial charge on any atom is 0.335 e. The zero-order valence-electron chi connectivity index (χ0n) is 16.1. The van der Waals surface area contributed by atoms with Gasteiger partial charge < -0.3 is 40.5 Å². The zero-order chi connectivity index (χ0) is 22.6. The number of carbonyl (C=O) groups excluding carboxylic acids is 1. The number of aromatic hydroxyl groups is 1. The lowest BCUT2D eigenvalue weighted by atomic mass is 9.62. The Morgan fingerprint density at radius 1 is 1.06 bits per heavy atom. The number of aliphatic carboxylic acids is 1. The van der Waals surface area contributed by atoms with E-state index in [1.165, 1.54) is 24.3 Å². The van der Waals surface area contributed by atoms with E-state index in [1.807, 2.05) is 0 Å². The number of hydrogen-bond acceptors (Lipinski definition) is 9. The smallest absolute Gasteiger partial charge is 0.335 e. The number of carboxylic acid groups (broad SMARTS) is 1. The second-order valence-electron chi connectivity index (χ2n) is 7.98. The Morgan fingerprint density at radius 2 is 1.77 bits per heavy atom. The average molecular weight is 434 g/mol. The minimum atomic E-state index is -1.69. The van der Waals surface area contributed by atoms with Crippen LogP contribution in [0.3, 0.4) is 0 Å². The number of fused-ring (bicyclic) bond motifs is 2. The van der Waals surface area contributed by atoms with Gasteiger partial charge in [-0.15, -0.1) is 0 Å². The van der Waals surface area contributed by atoms with Crippen molar-refractivity contribution in [2.75, 3.05) is 6.61 Å². The van der Waals surface area contributed by atoms with Crippen molar-refractivity contribution in [3.63, 3.8) is 0 Å². The molecule has 31 heavy (non-hydrogen) atoms. The predicted molar refractivity (Wildman–Crippen MR) is 102 cm³/mol. The van der Waals surface area contributed by atoms with E-state index >= 15 is 0 Å². The number of Topliss-reactive ketones (excluding diaryl/α,β-unsaturated/α-hetero) is 1. The average Bonchev–Trinajstić information content (AvgIpc) is 2.73. The van der Waals surface area contributed by atoms with Crippen molar-refractivity contribution in [2.45, 2.75) is 36.4 Å². The number of allylic oxidation sites excluding steroid dienone is 2. The van der Waals surface area contributed by atoms with Gasteiger partial charge in [-0.1, -0.05) is 18.2 Å². The Balaban J connectivity index is 1.91. The number of rotatable bonds is 3. The second-order valence-corrected chi connectivity index (χ2v) is 7.98. The Bertz CT molecular complexity index is 980. The first-order valence-corrected chi connectivity index (χ1v) is 9.69. The van der Waals surface area contributed by atoms with E-state index in [0.29, 0.717) is 0 Å². The lowest BCUT2D eigenvalue weighted by Crippen LogP contribution is -2.61. The van der Waals surface area contributed by atoms with Crippen LogP contribution in [-0.4, -0.2) is 84.6 Å². The Kier molecular flexibility index (Phi) is 5.36. The molecular formula is C21H22O10. The second kappa shape index (κ2) is 7.74. The van der Waals surface area contributed by atoms with Gasteiger partial charge in [0.05, 0.1) is 29.8 Å². The summed E-state index contributed by atoms with van der Waals surface area (Å²) in [4.78, 5) is 24.7. The summed E-state index contributed by atoms with van der Waals surface area (Å²) in [5.74, 6) is -6.10. The van der Waals surface area contributed by atoms with Crippen molar-refractivity contribution in [3.05, 3.63) is 52.8 Å². The lowest BCUT2D eigenvalue weighted by molar-refractivity contribution is -0.237. The molecule has 0 radical (unpaired) electrons. The molecule has 4 rings (SSSR count). The van der Waals surface area contributed by atoms with Crippen molar-refractivity contribution in [1.29, 1.82) is 0 Å². The number of benzene rings is 1. The third-order valence-electron chi connectivity index (χ3n) is 6.29. The zero-order valence-corrected chi connectivity index (χ0v) is 16.1. The highest BCUT2D eigenvalue weighted by atomic mass is 16.5. The maximum absolute atomic E-state index is 13.1. The van der Waals surface area contributed by atoms with E-state index < -0.39 is 72.4 Å². The highest BCUT2D eigenvalue weighted by Crippen LogP contribution is 2.51. The molecule has 10 nitrogen and oxygen atoms in total. The summed E-state index contributed by atoms with van der Waals surface area (Å²) < 4.78 is 5.70. The highest BCUT2D eigenvalue weighted by molar-refractivity contribution is 6.05. The fourth-order valence-electron chi connectivity index (χ4n) is 4.84. The third kappa shape index (κ3) is 3.24. The summed E-state index contributed by atoms with van der Waals surface area (Å²) in [7, 11) is 0. The third-order valence-corrected chi connectivity index (χ3v) is 6.29. The van der Waals surface area contributed by atoms with Gasteiger partial charge in [0.25, 0.3) is 0 Å². The van der Waals surface area contributed by atoms with Crippen LogP contribution in [0.2, 0.25) is 0 Å². The predicted octanol–water partition coefficient (Wildman–Crippen LogP) is -0.787. The van der Waals surface area contributed by atoms with Crippen molar-refractivity contribution in [2.24, 2.45) is 11.8 Å². The number of aliphatic hydroxyl groups is 5. The van der Waals surface area contributed by atoms with Gasteiger partial charge in [-0.25, -0.2) is 4.79 Å². The molecule has 3 aliphatic rings. The topological polar surface area (TPSA) is 185 Å². The molecule has 0 saturated carbocycles.